The number of furan rings is 1. The molecule has 1 aromatic heterocycles. The van der Waals surface area contributed by atoms with Crippen LogP contribution in [0, 0.1) is 0 Å². The van der Waals surface area contributed by atoms with Crippen molar-refractivity contribution >= 4 is 5.96 Å². The normalized spacial score (nSPS) is 14.8. The average molecular weight is 370 g/mol. The SMILES string of the molecule is CN=C(NCCCOCc1ccco1)NCCN1CCc2ccccc2C1. The summed E-state index contributed by atoms with van der Waals surface area (Å²) in [4.78, 5) is 6.78. The highest BCUT2D eigenvalue weighted by Gasteiger charge is 2.14. The van der Waals surface area contributed by atoms with Gasteiger partial charge in [0, 0.05) is 46.4 Å². The lowest BCUT2D eigenvalue weighted by molar-refractivity contribution is 0.105. The van der Waals surface area contributed by atoms with Crippen LogP contribution in [0.5, 0.6) is 0 Å². The molecule has 0 bridgehead atoms. The summed E-state index contributed by atoms with van der Waals surface area (Å²) in [6.07, 6.45) is 3.73. The van der Waals surface area contributed by atoms with Gasteiger partial charge < -0.3 is 19.8 Å². The van der Waals surface area contributed by atoms with Gasteiger partial charge in [-0.3, -0.25) is 9.89 Å². The van der Waals surface area contributed by atoms with E-state index < -0.39 is 0 Å². The lowest BCUT2D eigenvalue weighted by Gasteiger charge is -2.28. The molecule has 0 saturated heterocycles. The Kier molecular flexibility index (Phi) is 7.74. The van der Waals surface area contributed by atoms with Crippen molar-refractivity contribution in [2.45, 2.75) is 26.0 Å². The van der Waals surface area contributed by atoms with E-state index in [1.54, 1.807) is 13.3 Å². The number of ether oxygens (including phenoxy) is 1. The molecule has 0 atom stereocenters. The Morgan fingerprint density at radius 3 is 2.81 bits per heavy atom. The van der Waals surface area contributed by atoms with Crippen molar-refractivity contribution in [2.24, 2.45) is 4.99 Å². The lowest BCUT2D eigenvalue weighted by Crippen LogP contribution is -2.43. The minimum Gasteiger partial charge on any atom is -0.467 e. The summed E-state index contributed by atoms with van der Waals surface area (Å²) in [5.74, 6) is 1.71. The van der Waals surface area contributed by atoms with Gasteiger partial charge in [-0.05, 0) is 36.1 Å². The van der Waals surface area contributed by atoms with Crippen LogP contribution in [0.1, 0.15) is 23.3 Å². The van der Waals surface area contributed by atoms with E-state index in [0.717, 1.165) is 57.3 Å². The Bertz CT molecular complexity index is 700. The summed E-state index contributed by atoms with van der Waals surface area (Å²) in [6.45, 7) is 6.11. The topological polar surface area (TPSA) is 62.0 Å². The largest absolute Gasteiger partial charge is 0.467 e. The molecule has 0 unspecified atom stereocenters. The summed E-state index contributed by atoms with van der Waals surface area (Å²) >= 11 is 0. The summed E-state index contributed by atoms with van der Waals surface area (Å²) < 4.78 is 10.8. The molecule has 3 rings (SSSR count). The number of nitrogens with one attached hydrogen (secondary N) is 2. The number of hydrogen-bond acceptors (Lipinski definition) is 4. The Labute approximate surface area is 161 Å². The molecule has 0 aliphatic carbocycles. The van der Waals surface area contributed by atoms with Crippen LogP contribution < -0.4 is 10.6 Å². The third-order valence-corrected chi connectivity index (χ3v) is 4.74. The lowest BCUT2D eigenvalue weighted by atomic mass is 10.00. The molecular weight excluding hydrogens is 340 g/mol. The third-order valence-electron chi connectivity index (χ3n) is 4.74. The molecule has 0 radical (unpaired) electrons. The van der Waals surface area contributed by atoms with E-state index in [4.69, 9.17) is 9.15 Å². The number of nitrogens with zero attached hydrogens (tertiary/aromatic N) is 2. The Morgan fingerprint density at radius 2 is 2.00 bits per heavy atom. The zero-order chi connectivity index (χ0) is 18.7. The Hall–Kier alpha value is -2.31. The van der Waals surface area contributed by atoms with Crippen LogP contribution in [-0.4, -0.2) is 50.7 Å². The standard InChI is InChI=1S/C21H30N4O2/c1-22-21(23-10-5-14-26-17-20-8-4-15-27-20)24-11-13-25-12-9-18-6-2-3-7-19(18)16-25/h2-4,6-8,15H,5,9-14,16-17H2,1H3,(H2,22,23,24). The van der Waals surface area contributed by atoms with Crippen molar-refractivity contribution in [3.8, 4) is 0 Å². The predicted octanol–water partition coefficient (Wildman–Crippen LogP) is 2.41. The maximum atomic E-state index is 5.58. The van der Waals surface area contributed by atoms with E-state index >= 15 is 0 Å². The first-order valence-electron chi connectivity index (χ1n) is 9.69. The minimum absolute atomic E-state index is 0.527. The number of fused-ring (bicyclic) bond motifs is 1. The molecule has 2 N–H and O–H groups in total. The molecule has 2 aromatic rings. The quantitative estimate of drug-likeness (QED) is 0.403. The molecule has 0 saturated carbocycles. The van der Waals surface area contributed by atoms with Gasteiger partial charge >= 0.3 is 0 Å². The first-order chi connectivity index (χ1) is 13.3. The second-order valence-corrected chi connectivity index (χ2v) is 6.71. The third kappa shape index (κ3) is 6.41. The fourth-order valence-corrected chi connectivity index (χ4v) is 3.25. The van der Waals surface area contributed by atoms with Crippen LogP contribution in [0.4, 0.5) is 0 Å². The minimum atomic E-state index is 0.527. The van der Waals surface area contributed by atoms with Gasteiger partial charge in [0.15, 0.2) is 5.96 Å². The molecule has 0 amide bonds. The molecule has 6 nitrogen and oxygen atoms in total. The number of rotatable bonds is 9. The summed E-state index contributed by atoms with van der Waals surface area (Å²) in [7, 11) is 1.81. The molecule has 2 heterocycles. The Balaban J connectivity index is 1.25. The van der Waals surface area contributed by atoms with Crippen LogP contribution >= 0.6 is 0 Å². The summed E-state index contributed by atoms with van der Waals surface area (Å²) in [5.41, 5.74) is 2.95. The molecule has 0 spiro atoms. The van der Waals surface area contributed by atoms with Crippen molar-refractivity contribution in [3.63, 3.8) is 0 Å². The van der Waals surface area contributed by atoms with Crippen LogP contribution in [0.25, 0.3) is 0 Å². The Morgan fingerprint density at radius 1 is 1.15 bits per heavy atom. The van der Waals surface area contributed by atoms with Crippen molar-refractivity contribution in [2.75, 3.05) is 39.8 Å². The van der Waals surface area contributed by atoms with Gasteiger partial charge in [0.05, 0.1) is 6.26 Å². The molecular formula is C21H30N4O2. The van der Waals surface area contributed by atoms with Crippen molar-refractivity contribution in [3.05, 3.63) is 59.5 Å². The van der Waals surface area contributed by atoms with Gasteiger partial charge in [0.2, 0.25) is 0 Å². The van der Waals surface area contributed by atoms with Crippen LogP contribution in [0.15, 0.2) is 52.1 Å². The maximum Gasteiger partial charge on any atom is 0.191 e. The zero-order valence-electron chi connectivity index (χ0n) is 16.1. The average Bonchev–Trinajstić information content (AvgIpc) is 3.22. The van der Waals surface area contributed by atoms with Gasteiger partial charge in [0.1, 0.15) is 12.4 Å². The van der Waals surface area contributed by atoms with E-state index in [-0.39, 0.29) is 0 Å². The van der Waals surface area contributed by atoms with Crippen LogP contribution in [-0.2, 0) is 24.3 Å². The van der Waals surface area contributed by atoms with Crippen LogP contribution in [0.3, 0.4) is 0 Å². The predicted molar refractivity (Wildman–Crippen MR) is 108 cm³/mol. The first kappa shape index (κ1) is 19.5. The molecule has 146 valence electrons. The maximum absolute atomic E-state index is 5.58. The molecule has 1 aliphatic heterocycles. The highest BCUT2D eigenvalue weighted by molar-refractivity contribution is 5.79. The molecule has 1 aromatic carbocycles. The summed E-state index contributed by atoms with van der Waals surface area (Å²) in [5, 5.41) is 6.73. The van der Waals surface area contributed by atoms with Crippen LogP contribution in [0.2, 0.25) is 0 Å². The number of aliphatic imine (C=N–C) groups is 1. The van der Waals surface area contributed by atoms with E-state index in [9.17, 15) is 0 Å². The van der Waals surface area contributed by atoms with Gasteiger partial charge in [0.25, 0.3) is 0 Å². The fraction of sp³-hybridized carbons (Fsp3) is 0.476. The number of guanidine groups is 1. The molecule has 6 heteroatoms. The first-order valence-corrected chi connectivity index (χ1v) is 9.69. The fourth-order valence-electron chi connectivity index (χ4n) is 3.25. The van der Waals surface area contributed by atoms with Gasteiger partial charge in [-0.1, -0.05) is 24.3 Å². The molecule has 0 fully saturated rings. The van der Waals surface area contributed by atoms with E-state index in [1.165, 1.54) is 11.1 Å². The van der Waals surface area contributed by atoms with Gasteiger partial charge in [-0.15, -0.1) is 0 Å². The molecule has 27 heavy (non-hydrogen) atoms. The smallest absolute Gasteiger partial charge is 0.191 e. The monoisotopic (exact) mass is 370 g/mol. The summed E-state index contributed by atoms with van der Waals surface area (Å²) in [6, 6.07) is 12.5. The van der Waals surface area contributed by atoms with Crippen molar-refractivity contribution in [1.29, 1.82) is 0 Å². The van der Waals surface area contributed by atoms with E-state index in [2.05, 4.69) is 44.8 Å². The number of benzene rings is 1. The zero-order valence-corrected chi connectivity index (χ0v) is 16.1. The van der Waals surface area contributed by atoms with E-state index in [0.29, 0.717) is 13.2 Å². The highest BCUT2D eigenvalue weighted by Crippen LogP contribution is 2.17. The highest BCUT2D eigenvalue weighted by atomic mass is 16.5. The van der Waals surface area contributed by atoms with Crippen molar-refractivity contribution < 1.29 is 9.15 Å². The second kappa shape index (κ2) is 10.7. The van der Waals surface area contributed by atoms with Crippen molar-refractivity contribution in [1.82, 2.24) is 15.5 Å². The van der Waals surface area contributed by atoms with Gasteiger partial charge in [-0.25, -0.2) is 0 Å². The number of hydrogen-bond donors (Lipinski definition) is 2. The molecule has 1 aliphatic rings. The second-order valence-electron chi connectivity index (χ2n) is 6.71. The van der Waals surface area contributed by atoms with E-state index in [1.807, 2.05) is 12.1 Å². The van der Waals surface area contributed by atoms with Gasteiger partial charge in [-0.2, -0.15) is 0 Å².